The smallest absolute Gasteiger partial charge is 0.274 e. The number of nitrogens with zero attached hydrogens (tertiary/aromatic N) is 4. The van der Waals surface area contributed by atoms with E-state index in [9.17, 15) is 18.4 Å². The fourth-order valence-corrected chi connectivity index (χ4v) is 3.82. The monoisotopic (exact) mass is 475 g/mol. The van der Waals surface area contributed by atoms with Gasteiger partial charge in [-0.3, -0.25) is 9.59 Å². The molecular formula is C22H27F2N7O3. The fourth-order valence-electron chi connectivity index (χ4n) is 3.82. The highest BCUT2D eigenvalue weighted by molar-refractivity contribution is 5.98. The predicted octanol–water partition coefficient (Wildman–Crippen LogP) is 2.93. The molecule has 1 saturated carbocycles. The summed E-state index contributed by atoms with van der Waals surface area (Å²) in [6.07, 6.45) is 5.72. The molecule has 1 amide bonds. The lowest BCUT2D eigenvalue weighted by Gasteiger charge is -2.24. The van der Waals surface area contributed by atoms with Crippen LogP contribution in [-0.2, 0) is 4.74 Å². The summed E-state index contributed by atoms with van der Waals surface area (Å²) in [6, 6.07) is 5.34. The standard InChI is InChI=1S/C18H21N7O3.C4H6F2/c1-20-15-9-14(23-17-12(16(19)26)10-21-25(15)17)22-13-3-2-6-24(18(13)27)11-4-7-28-8-5-11;5-4(6)2-1-3-4/h2-3,6,9-11,20H,4-5,7-8H2,1H3,(H2,19,26)(H,22,23);1-3H2. The van der Waals surface area contributed by atoms with Crippen molar-refractivity contribution in [2.75, 3.05) is 30.9 Å². The van der Waals surface area contributed by atoms with Crippen LogP contribution >= 0.6 is 0 Å². The summed E-state index contributed by atoms with van der Waals surface area (Å²) in [5.74, 6) is -1.90. The molecule has 0 unspecified atom stereocenters. The number of nitrogens with two attached hydrogens (primary N) is 1. The van der Waals surface area contributed by atoms with E-state index in [1.807, 2.05) is 6.07 Å². The molecule has 5 rings (SSSR count). The highest BCUT2D eigenvalue weighted by Crippen LogP contribution is 2.36. The normalized spacial score (nSPS) is 17.4. The minimum Gasteiger partial charge on any atom is -0.381 e. The van der Waals surface area contributed by atoms with E-state index < -0.39 is 11.8 Å². The lowest BCUT2D eigenvalue weighted by Crippen LogP contribution is -2.29. The molecule has 1 aliphatic heterocycles. The minimum atomic E-state index is -2.28. The summed E-state index contributed by atoms with van der Waals surface area (Å²) < 4.78 is 31.7. The molecule has 0 bridgehead atoms. The van der Waals surface area contributed by atoms with Crippen molar-refractivity contribution in [3.8, 4) is 0 Å². The summed E-state index contributed by atoms with van der Waals surface area (Å²) in [4.78, 5) is 29.0. The van der Waals surface area contributed by atoms with Crippen molar-refractivity contribution >= 4 is 28.9 Å². The van der Waals surface area contributed by atoms with E-state index in [-0.39, 0.29) is 30.0 Å². The number of anilines is 3. The van der Waals surface area contributed by atoms with Gasteiger partial charge in [0, 0.05) is 51.4 Å². The Bertz CT molecular complexity index is 1230. The zero-order valence-corrected chi connectivity index (χ0v) is 18.8. The van der Waals surface area contributed by atoms with E-state index in [0.29, 0.717) is 42.6 Å². The van der Waals surface area contributed by atoms with Gasteiger partial charge in [0.2, 0.25) is 5.92 Å². The number of alkyl halides is 2. The van der Waals surface area contributed by atoms with Gasteiger partial charge in [0.1, 0.15) is 22.9 Å². The first-order valence-corrected chi connectivity index (χ1v) is 11.1. The number of amides is 1. The van der Waals surface area contributed by atoms with E-state index in [2.05, 4.69) is 20.7 Å². The van der Waals surface area contributed by atoms with Crippen molar-refractivity contribution in [3.05, 3.63) is 46.5 Å². The van der Waals surface area contributed by atoms with Crippen LogP contribution in [0.3, 0.4) is 0 Å². The van der Waals surface area contributed by atoms with Crippen LogP contribution in [0.25, 0.3) is 5.65 Å². The average Bonchev–Trinajstić information content (AvgIpc) is 3.24. The summed E-state index contributed by atoms with van der Waals surface area (Å²) in [5.41, 5.74) is 6.18. The molecule has 10 nitrogen and oxygen atoms in total. The van der Waals surface area contributed by atoms with E-state index in [1.165, 1.54) is 10.7 Å². The Labute approximate surface area is 194 Å². The summed E-state index contributed by atoms with van der Waals surface area (Å²) in [7, 11) is 1.73. The Morgan fingerprint density at radius 2 is 2.00 bits per heavy atom. The maximum atomic E-state index is 12.9. The molecular weight excluding hydrogens is 448 g/mol. The number of hydrogen-bond acceptors (Lipinski definition) is 7. The lowest BCUT2D eigenvalue weighted by molar-refractivity contribution is -0.0717. The predicted molar refractivity (Wildman–Crippen MR) is 123 cm³/mol. The van der Waals surface area contributed by atoms with Gasteiger partial charge in [0.15, 0.2) is 5.65 Å². The van der Waals surface area contributed by atoms with Gasteiger partial charge in [-0.1, -0.05) is 0 Å². The van der Waals surface area contributed by atoms with Crippen molar-refractivity contribution < 1.29 is 18.3 Å². The number of hydrogen-bond donors (Lipinski definition) is 3. The van der Waals surface area contributed by atoms with Gasteiger partial charge in [0.25, 0.3) is 11.5 Å². The number of aromatic nitrogens is 4. The van der Waals surface area contributed by atoms with Gasteiger partial charge >= 0.3 is 0 Å². The first-order valence-electron chi connectivity index (χ1n) is 11.1. The molecule has 0 aromatic carbocycles. The number of primary amides is 1. The van der Waals surface area contributed by atoms with Crippen molar-refractivity contribution in [2.45, 2.75) is 44.1 Å². The zero-order valence-electron chi connectivity index (χ0n) is 18.8. The Morgan fingerprint density at radius 3 is 2.59 bits per heavy atom. The number of carbonyl (C=O) groups excluding carboxylic acids is 1. The molecule has 1 saturated heterocycles. The van der Waals surface area contributed by atoms with Gasteiger partial charge in [-0.25, -0.2) is 13.8 Å². The maximum Gasteiger partial charge on any atom is 0.274 e. The van der Waals surface area contributed by atoms with E-state index in [1.54, 1.807) is 29.9 Å². The molecule has 0 radical (unpaired) electrons. The fraction of sp³-hybridized carbons (Fsp3) is 0.455. The number of halogens is 2. The third-order valence-corrected chi connectivity index (χ3v) is 5.90. The van der Waals surface area contributed by atoms with Gasteiger partial charge in [-0.2, -0.15) is 9.61 Å². The second-order valence-electron chi connectivity index (χ2n) is 8.25. The molecule has 2 aliphatic rings. The highest BCUT2D eigenvalue weighted by atomic mass is 19.3. The first kappa shape index (κ1) is 23.6. The maximum absolute atomic E-state index is 12.9. The Kier molecular flexibility index (Phi) is 6.77. The second-order valence-corrected chi connectivity index (χ2v) is 8.25. The lowest BCUT2D eigenvalue weighted by atomic mass is 9.95. The van der Waals surface area contributed by atoms with Gasteiger partial charge in [-0.15, -0.1) is 0 Å². The van der Waals surface area contributed by atoms with E-state index in [4.69, 9.17) is 10.5 Å². The van der Waals surface area contributed by atoms with Crippen LogP contribution in [0.5, 0.6) is 0 Å². The Balaban J connectivity index is 0.000000398. The highest BCUT2D eigenvalue weighted by Gasteiger charge is 2.36. The molecule has 3 aromatic heterocycles. The van der Waals surface area contributed by atoms with E-state index in [0.717, 1.165) is 12.8 Å². The van der Waals surface area contributed by atoms with Gasteiger partial charge in [0.05, 0.1) is 6.20 Å². The topological polar surface area (TPSA) is 129 Å². The Hall–Kier alpha value is -3.54. The number of rotatable bonds is 5. The molecule has 0 atom stereocenters. The van der Waals surface area contributed by atoms with Crippen LogP contribution in [0.15, 0.2) is 35.4 Å². The molecule has 182 valence electrons. The molecule has 12 heteroatoms. The number of nitrogens with one attached hydrogen (secondary N) is 2. The average molecular weight is 476 g/mol. The summed E-state index contributed by atoms with van der Waals surface area (Å²) in [5, 5.41) is 10.2. The van der Waals surface area contributed by atoms with Crippen LogP contribution in [-0.4, -0.2) is 51.3 Å². The third-order valence-electron chi connectivity index (χ3n) is 5.90. The molecule has 34 heavy (non-hydrogen) atoms. The minimum absolute atomic E-state index is 0.114. The number of carbonyl (C=O) groups is 1. The van der Waals surface area contributed by atoms with Crippen LogP contribution < -0.4 is 21.9 Å². The number of pyridine rings is 1. The molecule has 2 fully saturated rings. The SMILES string of the molecule is CNc1cc(Nc2cccn(C3CCOCC3)c2=O)nc2c(C(N)=O)cnn12.FC1(F)CCC1. The van der Waals surface area contributed by atoms with Crippen LogP contribution in [0.2, 0.25) is 0 Å². The number of fused-ring (bicyclic) bond motifs is 1. The van der Waals surface area contributed by atoms with Crippen molar-refractivity contribution in [2.24, 2.45) is 5.73 Å². The Morgan fingerprint density at radius 1 is 1.29 bits per heavy atom. The van der Waals surface area contributed by atoms with Crippen LogP contribution in [0.1, 0.15) is 48.5 Å². The number of ether oxygens (including phenoxy) is 1. The molecule has 4 heterocycles. The molecule has 1 aliphatic carbocycles. The quantitative estimate of drug-likeness (QED) is 0.518. The van der Waals surface area contributed by atoms with E-state index >= 15 is 0 Å². The van der Waals surface area contributed by atoms with Gasteiger partial charge < -0.3 is 25.7 Å². The second kappa shape index (κ2) is 9.75. The molecule has 0 spiro atoms. The van der Waals surface area contributed by atoms with Crippen LogP contribution in [0.4, 0.5) is 26.1 Å². The molecule has 4 N–H and O–H groups in total. The van der Waals surface area contributed by atoms with Crippen molar-refractivity contribution in [1.82, 2.24) is 19.2 Å². The first-order chi connectivity index (χ1) is 16.3. The largest absolute Gasteiger partial charge is 0.381 e. The summed E-state index contributed by atoms with van der Waals surface area (Å²) >= 11 is 0. The third kappa shape index (κ3) is 5.01. The zero-order chi connectivity index (χ0) is 24.3. The van der Waals surface area contributed by atoms with Crippen molar-refractivity contribution in [1.29, 1.82) is 0 Å². The van der Waals surface area contributed by atoms with Crippen LogP contribution in [0, 0.1) is 0 Å². The molecule has 3 aromatic rings. The van der Waals surface area contributed by atoms with Gasteiger partial charge in [-0.05, 0) is 31.4 Å². The summed E-state index contributed by atoms with van der Waals surface area (Å²) in [6.45, 7) is 1.30. The van der Waals surface area contributed by atoms with Crippen molar-refractivity contribution in [3.63, 3.8) is 0 Å².